The lowest BCUT2D eigenvalue weighted by molar-refractivity contribution is 0.671. The highest BCUT2D eigenvalue weighted by atomic mass is 16.3. The van der Waals surface area contributed by atoms with Gasteiger partial charge in [-0.1, -0.05) is 121 Å². The zero-order valence-electron chi connectivity index (χ0n) is 29.0. The first kappa shape index (κ1) is 30.8. The number of benzene rings is 8. The van der Waals surface area contributed by atoms with E-state index in [2.05, 4.69) is 173 Å². The maximum Gasteiger partial charge on any atom is 0.160 e. The average Bonchev–Trinajstić information content (AvgIpc) is 3.77. The predicted molar refractivity (Wildman–Crippen MR) is 222 cm³/mol. The number of anilines is 3. The van der Waals surface area contributed by atoms with Crippen LogP contribution in [0.15, 0.2) is 192 Å². The summed E-state index contributed by atoms with van der Waals surface area (Å²) in [4.78, 5) is 2.28. The molecule has 2 N–H and O–H groups in total. The van der Waals surface area contributed by atoms with Crippen molar-refractivity contribution < 1.29 is 4.42 Å². The second-order valence-electron chi connectivity index (χ2n) is 13.6. The smallest absolute Gasteiger partial charge is 0.160 e. The quantitative estimate of drug-likeness (QED) is 0.170. The SMILES string of the molecule is Nc1ccccc1N(Cc1ccc(-n2c3ccc(-c4ccccc4)cc3c3ccc4c5cc(-c6ccccc6)ccc5oc4c32)cc1)c1ccccc1. The number of aromatic nitrogens is 1. The molecule has 0 amide bonds. The molecule has 0 saturated heterocycles. The number of furan rings is 1. The molecule has 53 heavy (non-hydrogen) atoms. The molecule has 0 aliphatic heterocycles. The van der Waals surface area contributed by atoms with Crippen molar-refractivity contribution in [1.82, 2.24) is 4.57 Å². The highest BCUT2D eigenvalue weighted by Crippen LogP contribution is 2.42. The minimum absolute atomic E-state index is 0.670. The van der Waals surface area contributed by atoms with E-state index in [1.54, 1.807) is 0 Å². The van der Waals surface area contributed by atoms with Gasteiger partial charge in [-0.2, -0.15) is 0 Å². The molecule has 0 radical (unpaired) electrons. The fourth-order valence-corrected chi connectivity index (χ4v) is 7.81. The molecule has 0 unspecified atom stereocenters. The van der Waals surface area contributed by atoms with Crippen molar-refractivity contribution in [1.29, 1.82) is 0 Å². The Hall–Kier alpha value is -7.04. The molecule has 2 heterocycles. The van der Waals surface area contributed by atoms with Crippen LogP contribution in [0.3, 0.4) is 0 Å². The molecule has 2 aromatic heterocycles. The van der Waals surface area contributed by atoms with Crippen molar-refractivity contribution in [2.75, 3.05) is 10.6 Å². The fourth-order valence-electron chi connectivity index (χ4n) is 7.81. The van der Waals surface area contributed by atoms with Crippen LogP contribution in [0.25, 0.3) is 71.7 Å². The molecule has 10 aromatic rings. The van der Waals surface area contributed by atoms with E-state index in [1.807, 2.05) is 24.3 Å². The Kier molecular flexibility index (Phi) is 7.33. The number of fused-ring (bicyclic) bond motifs is 7. The van der Waals surface area contributed by atoms with Crippen LogP contribution >= 0.6 is 0 Å². The van der Waals surface area contributed by atoms with Crippen LogP contribution in [0.1, 0.15) is 5.56 Å². The zero-order valence-corrected chi connectivity index (χ0v) is 29.0. The van der Waals surface area contributed by atoms with Gasteiger partial charge in [-0.05, 0) is 94.5 Å². The van der Waals surface area contributed by atoms with Crippen LogP contribution < -0.4 is 10.6 Å². The molecule has 0 atom stereocenters. The largest absolute Gasteiger partial charge is 0.454 e. The molecular weight excluding hydrogens is 647 g/mol. The zero-order chi connectivity index (χ0) is 35.3. The Bertz CT molecular complexity index is 2910. The van der Waals surface area contributed by atoms with E-state index < -0.39 is 0 Å². The van der Waals surface area contributed by atoms with Gasteiger partial charge in [0.05, 0.1) is 22.4 Å². The normalized spacial score (nSPS) is 11.5. The summed E-state index contributed by atoms with van der Waals surface area (Å²) in [7, 11) is 0. The minimum Gasteiger partial charge on any atom is -0.454 e. The summed E-state index contributed by atoms with van der Waals surface area (Å²) < 4.78 is 9.18. The molecule has 8 aromatic carbocycles. The third kappa shape index (κ3) is 5.31. The summed E-state index contributed by atoms with van der Waals surface area (Å²) in [5.74, 6) is 0. The molecule has 0 spiro atoms. The first-order chi connectivity index (χ1) is 26.2. The Balaban J connectivity index is 1.15. The first-order valence-corrected chi connectivity index (χ1v) is 18.0. The number of nitrogen functional groups attached to an aromatic ring is 1. The van der Waals surface area contributed by atoms with Gasteiger partial charge in [-0.3, -0.25) is 0 Å². The molecule has 4 nitrogen and oxygen atoms in total. The van der Waals surface area contributed by atoms with Gasteiger partial charge in [0.15, 0.2) is 5.58 Å². The van der Waals surface area contributed by atoms with E-state index in [1.165, 1.54) is 33.2 Å². The van der Waals surface area contributed by atoms with Gasteiger partial charge >= 0.3 is 0 Å². The van der Waals surface area contributed by atoms with E-state index in [-0.39, 0.29) is 0 Å². The van der Waals surface area contributed by atoms with E-state index in [4.69, 9.17) is 10.2 Å². The summed E-state index contributed by atoms with van der Waals surface area (Å²) in [6.07, 6.45) is 0. The van der Waals surface area contributed by atoms with Gasteiger partial charge in [0.25, 0.3) is 0 Å². The second-order valence-corrected chi connectivity index (χ2v) is 13.6. The standard InChI is InChI=1S/C49H35N3O/c50-44-18-10-11-19-46(44)51(38-16-8-3-9-17-38)32-33-20-24-39(25-21-33)52-45-28-22-36(34-12-4-1-5-13-34)30-42(45)40-26-27-41-43-31-37(35-14-6-2-7-15-35)23-29-47(43)53-49(41)48(40)52/h1-31H,32,50H2. The molecule has 0 fully saturated rings. The third-order valence-corrected chi connectivity index (χ3v) is 10.4. The maximum atomic E-state index is 6.81. The van der Waals surface area contributed by atoms with Crippen molar-refractivity contribution in [3.63, 3.8) is 0 Å². The molecule has 0 bridgehead atoms. The highest BCUT2D eigenvalue weighted by Gasteiger charge is 2.20. The van der Waals surface area contributed by atoms with Crippen LogP contribution in [0, 0.1) is 0 Å². The van der Waals surface area contributed by atoms with E-state index in [0.29, 0.717) is 6.54 Å². The number of rotatable bonds is 7. The summed E-state index contributed by atoms with van der Waals surface area (Å²) in [6.45, 7) is 0.670. The van der Waals surface area contributed by atoms with E-state index in [0.717, 1.165) is 61.1 Å². The number of para-hydroxylation sites is 3. The van der Waals surface area contributed by atoms with Crippen molar-refractivity contribution in [3.05, 3.63) is 194 Å². The van der Waals surface area contributed by atoms with Crippen LogP contribution in [0.2, 0.25) is 0 Å². The third-order valence-electron chi connectivity index (χ3n) is 10.4. The number of nitrogens with two attached hydrogens (primary N) is 1. The number of hydrogen-bond donors (Lipinski definition) is 1. The Morgan fingerprint density at radius 1 is 0.491 bits per heavy atom. The van der Waals surface area contributed by atoms with Gasteiger partial charge in [0, 0.05) is 39.5 Å². The monoisotopic (exact) mass is 681 g/mol. The topological polar surface area (TPSA) is 47.3 Å². The second kappa shape index (κ2) is 12.6. The molecule has 10 rings (SSSR count). The van der Waals surface area contributed by atoms with Gasteiger partial charge in [-0.25, -0.2) is 0 Å². The van der Waals surface area contributed by atoms with Gasteiger partial charge < -0.3 is 19.6 Å². The van der Waals surface area contributed by atoms with Crippen molar-refractivity contribution in [2.24, 2.45) is 0 Å². The van der Waals surface area contributed by atoms with Crippen LogP contribution in [0.4, 0.5) is 17.1 Å². The van der Waals surface area contributed by atoms with Crippen molar-refractivity contribution in [2.45, 2.75) is 6.54 Å². The van der Waals surface area contributed by atoms with E-state index >= 15 is 0 Å². The molecule has 0 aliphatic rings. The van der Waals surface area contributed by atoms with Crippen LogP contribution in [-0.4, -0.2) is 4.57 Å². The minimum atomic E-state index is 0.670. The lowest BCUT2D eigenvalue weighted by Gasteiger charge is -2.26. The first-order valence-electron chi connectivity index (χ1n) is 18.0. The number of hydrogen-bond acceptors (Lipinski definition) is 3. The summed E-state index contributed by atoms with van der Waals surface area (Å²) >= 11 is 0. The van der Waals surface area contributed by atoms with E-state index in [9.17, 15) is 0 Å². The maximum absolute atomic E-state index is 6.81. The van der Waals surface area contributed by atoms with Gasteiger partial charge in [0.2, 0.25) is 0 Å². The molecular formula is C49H35N3O. The molecule has 0 aliphatic carbocycles. The highest BCUT2D eigenvalue weighted by molar-refractivity contribution is 6.22. The lowest BCUT2D eigenvalue weighted by atomic mass is 10.0. The summed E-state index contributed by atoms with van der Waals surface area (Å²) in [5.41, 5.74) is 20.3. The summed E-state index contributed by atoms with van der Waals surface area (Å²) in [6, 6.07) is 66.3. The van der Waals surface area contributed by atoms with Gasteiger partial charge in [0.1, 0.15) is 5.58 Å². The van der Waals surface area contributed by atoms with Crippen LogP contribution in [-0.2, 0) is 6.54 Å². The van der Waals surface area contributed by atoms with Crippen molar-refractivity contribution in [3.8, 4) is 27.9 Å². The lowest BCUT2D eigenvalue weighted by Crippen LogP contribution is -2.17. The Morgan fingerprint density at radius 2 is 1.09 bits per heavy atom. The number of nitrogens with zero attached hydrogens (tertiary/aromatic N) is 2. The molecule has 0 saturated carbocycles. The summed E-state index contributed by atoms with van der Waals surface area (Å²) in [5, 5.41) is 4.56. The van der Waals surface area contributed by atoms with Gasteiger partial charge in [-0.15, -0.1) is 0 Å². The fraction of sp³-hybridized carbons (Fsp3) is 0.0204. The van der Waals surface area contributed by atoms with Crippen LogP contribution in [0.5, 0.6) is 0 Å². The average molecular weight is 682 g/mol. The Labute approximate surface area is 307 Å². The molecule has 4 heteroatoms. The van der Waals surface area contributed by atoms with Crippen molar-refractivity contribution >= 4 is 60.8 Å². The predicted octanol–water partition coefficient (Wildman–Crippen LogP) is 12.9. The Morgan fingerprint density at radius 3 is 1.79 bits per heavy atom. The molecule has 252 valence electrons.